The molecule has 11 heavy (non-hydrogen) atoms. The van der Waals surface area contributed by atoms with Crippen molar-refractivity contribution in [3.8, 4) is 0 Å². The van der Waals surface area contributed by atoms with E-state index in [2.05, 4.69) is 0 Å². The van der Waals surface area contributed by atoms with Gasteiger partial charge in [0.1, 0.15) is 0 Å². The molecule has 66 valence electrons. The summed E-state index contributed by atoms with van der Waals surface area (Å²) in [6, 6.07) is 0. The van der Waals surface area contributed by atoms with Gasteiger partial charge in [0, 0.05) is 0 Å². The van der Waals surface area contributed by atoms with Gasteiger partial charge in [-0.2, -0.15) is 0 Å². The zero-order valence-corrected chi connectivity index (χ0v) is 7.42. The first-order valence-electron chi connectivity index (χ1n) is 3.94. The Balaban J connectivity index is 3.17. The molecule has 0 aliphatic carbocycles. The molecular formula is C8H16O3. The van der Waals surface area contributed by atoms with Crippen LogP contribution in [0.4, 0.5) is 0 Å². The lowest BCUT2D eigenvalue weighted by Gasteiger charge is -2.06. The number of hydrogen-bond acceptors (Lipinski definition) is 3. The van der Waals surface area contributed by atoms with Gasteiger partial charge in [-0.1, -0.05) is 0 Å². The number of carbonyl (C=O) groups is 1. The zero-order chi connectivity index (χ0) is 8.69. The van der Waals surface area contributed by atoms with E-state index in [9.17, 15) is 4.79 Å². The summed E-state index contributed by atoms with van der Waals surface area (Å²) in [6.07, 6.45) is 0.538. The van der Waals surface area contributed by atoms with Gasteiger partial charge in [0.2, 0.25) is 0 Å². The van der Waals surface area contributed by atoms with Gasteiger partial charge in [-0.3, -0.25) is 4.79 Å². The molecule has 0 unspecified atom stereocenters. The highest BCUT2D eigenvalue weighted by molar-refractivity contribution is 5.69. The Morgan fingerprint density at radius 2 is 2.09 bits per heavy atom. The molecule has 0 saturated carbocycles. The van der Waals surface area contributed by atoms with Crippen LogP contribution in [0.2, 0.25) is 0 Å². The summed E-state index contributed by atoms with van der Waals surface area (Å²) < 4.78 is 9.86. The maximum absolute atomic E-state index is 10.7. The Bertz CT molecular complexity index is 110. The first kappa shape index (κ1) is 10.4. The quantitative estimate of drug-likeness (QED) is 0.570. The van der Waals surface area contributed by atoms with E-state index in [1.807, 2.05) is 13.8 Å². The highest BCUT2D eigenvalue weighted by Crippen LogP contribution is 1.92. The third-order valence-corrected chi connectivity index (χ3v) is 1.06. The van der Waals surface area contributed by atoms with E-state index in [1.54, 1.807) is 6.92 Å². The third kappa shape index (κ3) is 7.33. The minimum absolute atomic E-state index is 0.185. The van der Waals surface area contributed by atoms with E-state index in [-0.39, 0.29) is 12.1 Å². The third-order valence-electron chi connectivity index (χ3n) is 1.06. The molecule has 0 N–H and O–H groups in total. The highest BCUT2D eigenvalue weighted by atomic mass is 16.5. The van der Waals surface area contributed by atoms with Crippen LogP contribution >= 0.6 is 0 Å². The van der Waals surface area contributed by atoms with E-state index >= 15 is 0 Å². The van der Waals surface area contributed by atoms with Crippen LogP contribution in [-0.2, 0) is 14.3 Å². The first-order chi connectivity index (χ1) is 5.16. The predicted molar refractivity (Wildman–Crippen MR) is 42.3 cm³/mol. The monoisotopic (exact) mass is 160 g/mol. The number of carbonyl (C=O) groups excluding carboxylic acids is 1. The molecule has 0 aromatic rings. The SMILES string of the molecule is CCOC(=O)CCOC(C)C. The van der Waals surface area contributed by atoms with Crippen molar-refractivity contribution in [1.82, 2.24) is 0 Å². The van der Waals surface area contributed by atoms with Crippen LogP contribution in [-0.4, -0.2) is 25.3 Å². The lowest BCUT2D eigenvalue weighted by atomic mass is 10.4. The van der Waals surface area contributed by atoms with Crippen molar-refractivity contribution in [2.45, 2.75) is 33.3 Å². The molecule has 0 amide bonds. The smallest absolute Gasteiger partial charge is 0.308 e. The van der Waals surface area contributed by atoms with Gasteiger partial charge in [0.05, 0.1) is 25.7 Å². The molecule has 0 aliphatic heterocycles. The van der Waals surface area contributed by atoms with Crippen LogP contribution in [0.25, 0.3) is 0 Å². The van der Waals surface area contributed by atoms with Crippen molar-refractivity contribution in [3.63, 3.8) is 0 Å². The normalized spacial score (nSPS) is 10.2. The minimum atomic E-state index is -0.187. The van der Waals surface area contributed by atoms with Gasteiger partial charge in [0.25, 0.3) is 0 Å². The summed E-state index contributed by atoms with van der Waals surface area (Å²) in [5.74, 6) is -0.187. The molecule has 0 aromatic carbocycles. The van der Waals surface area contributed by atoms with Crippen LogP contribution in [0.5, 0.6) is 0 Å². The van der Waals surface area contributed by atoms with Crippen molar-refractivity contribution in [1.29, 1.82) is 0 Å². The average Bonchev–Trinajstić information content (AvgIpc) is 1.87. The molecule has 0 fully saturated rings. The molecule has 0 saturated heterocycles. The second-order valence-electron chi connectivity index (χ2n) is 2.47. The van der Waals surface area contributed by atoms with Crippen LogP contribution in [0.1, 0.15) is 27.2 Å². The number of esters is 1. The van der Waals surface area contributed by atoms with Crippen LogP contribution in [0.15, 0.2) is 0 Å². The fourth-order valence-corrected chi connectivity index (χ4v) is 0.611. The lowest BCUT2D eigenvalue weighted by molar-refractivity contribution is -0.144. The standard InChI is InChI=1S/C8H16O3/c1-4-10-8(9)5-6-11-7(2)3/h7H,4-6H2,1-3H3. The van der Waals surface area contributed by atoms with E-state index in [1.165, 1.54) is 0 Å². The van der Waals surface area contributed by atoms with Gasteiger partial charge < -0.3 is 9.47 Å². The largest absolute Gasteiger partial charge is 0.466 e. The molecule has 0 bridgehead atoms. The van der Waals surface area contributed by atoms with Gasteiger partial charge in [-0.25, -0.2) is 0 Å². The summed E-state index contributed by atoms with van der Waals surface area (Å²) in [4.78, 5) is 10.7. The summed E-state index contributed by atoms with van der Waals surface area (Å²) in [7, 11) is 0. The Hall–Kier alpha value is -0.570. The summed E-state index contributed by atoms with van der Waals surface area (Å²) in [5, 5.41) is 0. The molecule has 0 rings (SSSR count). The fraction of sp³-hybridized carbons (Fsp3) is 0.875. The van der Waals surface area contributed by atoms with Gasteiger partial charge >= 0.3 is 5.97 Å². The van der Waals surface area contributed by atoms with E-state index in [0.717, 1.165) is 0 Å². The van der Waals surface area contributed by atoms with Crippen LogP contribution < -0.4 is 0 Å². The predicted octanol–water partition coefficient (Wildman–Crippen LogP) is 1.36. The molecule has 0 aromatic heterocycles. The fourth-order valence-electron chi connectivity index (χ4n) is 0.611. The van der Waals surface area contributed by atoms with Crippen molar-refractivity contribution >= 4 is 5.97 Å². The van der Waals surface area contributed by atoms with Gasteiger partial charge in [-0.15, -0.1) is 0 Å². The second kappa shape index (κ2) is 6.16. The highest BCUT2D eigenvalue weighted by Gasteiger charge is 2.01. The number of hydrogen-bond donors (Lipinski definition) is 0. The van der Waals surface area contributed by atoms with E-state index in [4.69, 9.17) is 9.47 Å². The Labute approximate surface area is 67.7 Å². The Kier molecular flexibility index (Phi) is 5.84. The maximum Gasteiger partial charge on any atom is 0.308 e. The van der Waals surface area contributed by atoms with Gasteiger partial charge in [-0.05, 0) is 20.8 Å². The van der Waals surface area contributed by atoms with Crippen LogP contribution in [0, 0.1) is 0 Å². The topological polar surface area (TPSA) is 35.5 Å². The number of ether oxygens (including phenoxy) is 2. The molecule has 3 heteroatoms. The number of rotatable bonds is 5. The van der Waals surface area contributed by atoms with E-state index in [0.29, 0.717) is 19.6 Å². The molecule has 0 aliphatic rings. The van der Waals surface area contributed by atoms with Crippen molar-refractivity contribution in [2.75, 3.05) is 13.2 Å². The lowest BCUT2D eigenvalue weighted by Crippen LogP contribution is -2.11. The molecule has 0 radical (unpaired) electrons. The molecule has 3 nitrogen and oxygen atoms in total. The van der Waals surface area contributed by atoms with Crippen molar-refractivity contribution in [3.05, 3.63) is 0 Å². The molecule has 0 spiro atoms. The average molecular weight is 160 g/mol. The van der Waals surface area contributed by atoms with Crippen LogP contribution in [0.3, 0.4) is 0 Å². The Morgan fingerprint density at radius 1 is 1.45 bits per heavy atom. The van der Waals surface area contributed by atoms with Crippen molar-refractivity contribution in [2.24, 2.45) is 0 Å². The molecule has 0 atom stereocenters. The van der Waals surface area contributed by atoms with E-state index < -0.39 is 0 Å². The van der Waals surface area contributed by atoms with Crippen molar-refractivity contribution < 1.29 is 14.3 Å². The van der Waals surface area contributed by atoms with Gasteiger partial charge in [0.15, 0.2) is 0 Å². The summed E-state index contributed by atoms with van der Waals surface area (Å²) in [6.45, 7) is 6.56. The molecule has 0 heterocycles. The Morgan fingerprint density at radius 3 is 2.55 bits per heavy atom. The first-order valence-corrected chi connectivity index (χ1v) is 3.94. The molecular weight excluding hydrogens is 144 g/mol. The summed E-state index contributed by atoms with van der Waals surface area (Å²) >= 11 is 0. The zero-order valence-electron chi connectivity index (χ0n) is 7.42. The maximum atomic E-state index is 10.7. The minimum Gasteiger partial charge on any atom is -0.466 e. The summed E-state index contributed by atoms with van der Waals surface area (Å²) in [5.41, 5.74) is 0. The second-order valence-corrected chi connectivity index (χ2v) is 2.47.